The number of amides is 1. The molecule has 1 aliphatic rings. The van der Waals surface area contributed by atoms with Gasteiger partial charge in [0.05, 0.1) is 0 Å². The van der Waals surface area contributed by atoms with Crippen LogP contribution in [0, 0.1) is 5.92 Å². The van der Waals surface area contributed by atoms with Crippen LogP contribution in [-0.4, -0.2) is 22.4 Å². The first kappa shape index (κ1) is 15.3. The second kappa shape index (κ2) is 5.97. The van der Waals surface area contributed by atoms with Crippen molar-refractivity contribution >= 4 is 27.7 Å². The summed E-state index contributed by atoms with van der Waals surface area (Å²) in [6.07, 6.45) is 3.32. The van der Waals surface area contributed by atoms with Crippen molar-refractivity contribution in [2.75, 3.05) is 7.05 Å². The van der Waals surface area contributed by atoms with Gasteiger partial charge in [0.15, 0.2) is 0 Å². The molecule has 0 N–H and O–H groups in total. The first-order chi connectivity index (χ1) is 11.7. The maximum absolute atomic E-state index is 12.4. The van der Waals surface area contributed by atoms with Crippen molar-refractivity contribution < 1.29 is 4.79 Å². The zero-order chi connectivity index (χ0) is 16.7. The summed E-state index contributed by atoms with van der Waals surface area (Å²) < 4.78 is 2.36. The van der Waals surface area contributed by atoms with E-state index in [9.17, 15) is 4.79 Å². The fraction of sp³-hybridized carbons (Fsp3) is 0.381. The van der Waals surface area contributed by atoms with Gasteiger partial charge >= 0.3 is 0 Å². The highest BCUT2D eigenvalue weighted by Gasteiger charge is 2.27. The molecule has 3 heteroatoms. The lowest BCUT2D eigenvalue weighted by atomic mass is 9.84. The maximum Gasteiger partial charge on any atom is 0.225 e. The highest BCUT2D eigenvalue weighted by atomic mass is 16.2. The topological polar surface area (TPSA) is 25.2 Å². The van der Waals surface area contributed by atoms with E-state index in [1.54, 1.807) is 0 Å². The Bertz CT molecular complexity index is 905. The third-order valence-corrected chi connectivity index (χ3v) is 5.40. The summed E-state index contributed by atoms with van der Waals surface area (Å²) in [6, 6.07) is 15.2. The summed E-state index contributed by atoms with van der Waals surface area (Å²) in [5.74, 6) is 0.568. The fourth-order valence-electron chi connectivity index (χ4n) is 3.86. The van der Waals surface area contributed by atoms with Crippen LogP contribution >= 0.6 is 0 Å². The Labute approximate surface area is 142 Å². The first-order valence-corrected chi connectivity index (χ1v) is 8.94. The van der Waals surface area contributed by atoms with E-state index in [-0.39, 0.29) is 5.92 Å². The first-order valence-electron chi connectivity index (χ1n) is 8.94. The summed E-state index contributed by atoms with van der Waals surface area (Å²) in [5, 5.41) is 2.58. The number of hydrogen-bond acceptors (Lipinski definition) is 1. The van der Waals surface area contributed by atoms with E-state index in [4.69, 9.17) is 0 Å². The molecule has 1 aliphatic carbocycles. The molecule has 0 radical (unpaired) electrons. The van der Waals surface area contributed by atoms with E-state index in [2.05, 4.69) is 54.0 Å². The van der Waals surface area contributed by atoms with Crippen LogP contribution in [-0.2, 0) is 17.9 Å². The molecule has 124 valence electrons. The maximum atomic E-state index is 12.4. The van der Waals surface area contributed by atoms with Gasteiger partial charge in [-0.3, -0.25) is 4.79 Å². The molecule has 1 fully saturated rings. The quantitative estimate of drug-likeness (QED) is 0.691. The molecule has 24 heavy (non-hydrogen) atoms. The van der Waals surface area contributed by atoms with Crippen LogP contribution in [0.4, 0.5) is 0 Å². The zero-order valence-corrected chi connectivity index (χ0v) is 14.5. The zero-order valence-electron chi connectivity index (χ0n) is 14.5. The van der Waals surface area contributed by atoms with E-state index in [0.717, 1.165) is 19.4 Å². The Balaban J connectivity index is 1.70. The number of nitrogens with zero attached hydrogens (tertiary/aromatic N) is 2. The van der Waals surface area contributed by atoms with Crippen molar-refractivity contribution in [3.05, 3.63) is 48.0 Å². The second-order valence-corrected chi connectivity index (χ2v) is 6.94. The van der Waals surface area contributed by atoms with E-state index in [1.165, 1.54) is 33.8 Å². The fourth-order valence-corrected chi connectivity index (χ4v) is 3.86. The van der Waals surface area contributed by atoms with Crippen LogP contribution in [0.25, 0.3) is 21.8 Å². The van der Waals surface area contributed by atoms with Crippen LogP contribution in [0.15, 0.2) is 42.5 Å². The third kappa shape index (κ3) is 2.39. The number of benzene rings is 2. The molecule has 0 spiro atoms. The SMILES string of the molecule is CCn1c2ccccc2c2cc(CN(C)C(=O)C3CCC3)ccc21. The Kier molecular flexibility index (Phi) is 3.79. The van der Waals surface area contributed by atoms with Gasteiger partial charge in [-0.2, -0.15) is 0 Å². The standard InChI is InChI=1S/C21H24N2O/c1-3-23-19-10-5-4-9-17(19)18-13-15(11-12-20(18)23)14-22(2)21(24)16-7-6-8-16/h4-5,9-13,16H,3,6-8,14H2,1-2H3. The number of carbonyl (C=O) groups excluding carboxylic acids is 1. The Morgan fingerprint density at radius 1 is 1.12 bits per heavy atom. The molecular formula is C21H24N2O. The highest BCUT2D eigenvalue weighted by molar-refractivity contribution is 6.08. The van der Waals surface area contributed by atoms with Crippen molar-refractivity contribution in [3.8, 4) is 0 Å². The number of rotatable bonds is 4. The van der Waals surface area contributed by atoms with Crippen molar-refractivity contribution in [1.29, 1.82) is 0 Å². The number of aromatic nitrogens is 1. The molecule has 4 rings (SSSR count). The molecule has 1 amide bonds. The Morgan fingerprint density at radius 3 is 2.58 bits per heavy atom. The molecular weight excluding hydrogens is 296 g/mol. The molecule has 0 atom stereocenters. The molecule has 0 saturated heterocycles. The Morgan fingerprint density at radius 2 is 1.88 bits per heavy atom. The minimum absolute atomic E-state index is 0.265. The van der Waals surface area contributed by atoms with Gasteiger partial charge in [0.25, 0.3) is 0 Å². The second-order valence-electron chi connectivity index (χ2n) is 6.94. The highest BCUT2D eigenvalue weighted by Crippen LogP contribution is 2.31. The van der Waals surface area contributed by atoms with Crippen LogP contribution in [0.3, 0.4) is 0 Å². The van der Waals surface area contributed by atoms with Gasteiger partial charge in [-0.1, -0.05) is 30.7 Å². The summed E-state index contributed by atoms with van der Waals surface area (Å²) in [4.78, 5) is 14.3. The molecule has 3 nitrogen and oxygen atoms in total. The number of hydrogen-bond donors (Lipinski definition) is 0. The minimum Gasteiger partial charge on any atom is -0.341 e. The van der Waals surface area contributed by atoms with Gasteiger partial charge in [0.2, 0.25) is 5.91 Å². The molecule has 1 aromatic heterocycles. The van der Waals surface area contributed by atoms with Gasteiger partial charge in [-0.25, -0.2) is 0 Å². The summed E-state index contributed by atoms with van der Waals surface area (Å²) in [6.45, 7) is 3.84. The van der Waals surface area contributed by atoms with Crippen LogP contribution in [0.2, 0.25) is 0 Å². The van der Waals surface area contributed by atoms with E-state index < -0.39 is 0 Å². The molecule has 0 aliphatic heterocycles. The molecule has 3 aromatic rings. The van der Waals surface area contributed by atoms with Gasteiger partial charge in [-0.05, 0) is 43.5 Å². The normalized spacial score (nSPS) is 14.9. The summed E-state index contributed by atoms with van der Waals surface area (Å²) in [5.41, 5.74) is 3.76. The van der Waals surface area contributed by atoms with Crippen molar-refractivity contribution in [2.24, 2.45) is 5.92 Å². The average Bonchev–Trinajstić information content (AvgIpc) is 2.86. The predicted octanol–water partition coefficient (Wildman–Crippen LogP) is 4.57. The van der Waals surface area contributed by atoms with Crippen molar-refractivity contribution in [2.45, 2.75) is 39.3 Å². The smallest absolute Gasteiger partial charge is 0.225 e. The Hall–Kier alpha value is -2.29. The summed E-state index contributed by atoms with van der Waals surface area (Å²) in [7, 11) is 1.93. The van der Waals surface area contributed by atoms with Crippen LogP contribution in [0.5, 0.6) is 0 Å². The average molecular weight is 320 g/mol. The lowest BCUT2D eigenvalue weighted by Gasteiger charge is -2.29. The van der Waals surface area contributed by atoms with Crippen LogP contribution in [0.1, 0.15) is 31.7 Å². The number of carbonyl (C=O) groups is 1. The minimum atomic E-state index is 0.265. The summed E-state index contributed by atoms with van der Waals surface area (Å²) >= 11 is 0. The van der Waals surface area contributed by atoms with Gasteiger partial charge < -0.3 is 9.47 Å². The molecule has 0 bridgehead atoms. The lowest BCUT2D eigenvalue weighted by Crippen LogP contribution is -2.35. The van der Waals surface area contributed by atoms with Crippen LogP contribution < -0.4 is 0 Å². The van der Waals surface area contributed by atoms with Crippen molar-refractivity contribution in [3.63, 3.8) is 0 Å². The van der Waals surface area contributed by atoms with Crippen molar-refractivity contribution in [1.82, 2.24) is 9.47 Å². The van der Waals surface area contributed by atoms with E-state index >= 15 is 0 Å². The van der Waals surface area contributed by atoms with Gasteiger partial charge in [-0.15, -0.1) is 0 Å². The molecule has 1 saturated carbocycles. The molecule has 2 aromatic carbocycles. The molecule has 1 heterocycles. The predicted molar refractivity (Wildman–Crippen MR) is 98.9 cm³/mol. The number of para-hydroxylation sites is 1. The monoisotopic (exact) mass is 320 g/mol. The third-order valence-electron chi connectivity index (χ3n) is 5.40. The largest absolute Gasteiger partial charge is 0.341 e. The lowest BCUT2D eigenvalue weighted by molar-refractivity contribution is -0.137. The molecule has 0 unspecified atom stereocenters. The van der Waals surface area contributed by atoms with E-state index in [0.29, 0.717) is 12.5 Å². The van der Waals surface area contributed by atoms with Gasteiger partial charge in [0.1, 0.15) is 0 Å². The van der Waals surface area contributed by atoms with Gasteiger partial charge in [0, 0.05) is 47.9 Å². The van der Waals surface area contributed by atoms with E-state index in [1.807, 2.05) is 11.9 Å². The number of fused-ring (bicyclic) bond motifs is 3. The number of aryl methyl sites for hydroxylation is 1.